The molecular formula is C25H24N5O4S+. The van der Waals surface area contributed by atoms with Crippen molar-refractivity contribution < 1.29 is 24.3 Å². The predicted octanol–water partition coefficient (Wildman–Crippen LogP) is 3.41. The van der Waals surface area contributed by atoms with Gasteiger partial charge in [-0.2, -0.15) is 9.67 Å². The minimum Gasteiger partial charge on any atom is -0.504 e. The number of aromatic hydroxyl groups is 2. The van der Waals surface area contributed by atoms with E-state index in [4.69, 9.17) is 4.74 Å². The number of H-pyrrole nitrogens is 1. The van der Waals surface area contributed by atoms with Gasteiger partial charge in [-0.3, -0.25) is 4.79 Å². The van der Waals surface area contributed by atoms with Crippen LogP contribution in [0.25, 0.3) is 17.1 Å². The Kier molecular flexibility index (Phi) is 7.63. The van der Waals surface area contributed by atoms with Crippen molar-refractivity contribution >= 4 is 23.9 Å². The van der Waals surface area contributed by atoms with Crippen LogP contribution in [0, 0.1) is 0 Å². The van der Waals surface area contributed by atoms with Crippen LogP contribution in [0.5, 0.6) is 17.2 Å². The third-order valence-electron chi connectivity index (χ3n) is 4.86. The van der Waals surface area contributed by atoms with Gasteiger partial charge in [0.1, 0.15) is 11.4 Å². The van der Waals surface area contributed by atoms with E-state index in [1.54, 1.807) is 6.07 Å². The van der Waals surface area contributed by atoms with Gasteiger partial charge in [-0.15, -0.1) is 5.10 Å². The lowest BCUT2D eigenvalue weighted by molar-refractivity contribution is -0.625. The Balaban J connectivity index is 1.50. The Morgan fingerprint density at radius 3 is 2.60 bits per heavy atom. The fourth-order valence-electron chi connectivity index (χ4n) is 3.24. The highest BCUT2D eigenvalue weighted by Crippen LogP contribution is 2.24. The molecule has 0 aliphatic carbocycles. The van der Waals surface area contributed by atoms with Gasteiger partial charge in [0, 0.05) is 0 Å². The Bertz CT molecular complexity index is 1320. The molecule has 0 saturated carbocycles. The summed E-state index contributed by atoms with van der Waals surface area (Å²) in [5.74, 6) is 0.822. The Labute approximate surface area is 206 Å². The number of aromatic nitrogens is 3. The molecule has 4 N–H and O–H groups in total. The summed E-state index contributed by atoms with van der Waals surface area (Å²) in [6, 6.07) is 21.7. The molecule has 0 bridgehead atoms. The molecule has 35 heavy (non-hydrogen) atoms. The molecule has 0 atom stereocenters. The van der Waals surface area contributed by atoms with Crippen LogP contribution in [0.3, 0.4) is 0 Å². The van der Waals surface area contributed by atoms with Crippen LogP contribution in [0.1, 0.15) is 12.5 Å². The summed E-state index contributed by atoms with van der Waals surface area (Å²) in [6.07, 6.45) is 1.38. The van der Waals surface area contributed by atoms with Crippen LogP contribution in [-0.2, 0) is 4.79 Å². The SMILES string of the molecule is CCOc1ccc(-[n+]2c(SCC(=O)NN=Cc3ccc(O)c(O)c3)n[nH]c2-c2ccccc2)cc1. The Morgan fingerprint density at radius 2 is 1.89 bits per heavy atom. The summed E-state index contributed by atoms with van der Waals surface area (Å²) in [6.45, 7) is 2.52. The van der Waals surface area contributed by atoms with E-state index in [1.165, 1.54) is 30.1 Å². The second-order valence-electron chi connectivity index (χ2n) is 7.31. The molecule has 0 spiro atoms. The number of nitrogens with one attached hydrogen (secondary N) is 2. The van der Waals surface area contributed by atoms with Gasteiger partial charge < -0.3 is 14.9 Å². The van der Waals surface area contributed by atoms with Gasteiger partial charge in [0.2, 0.25) is 0 Å². The van der Waals surface area contributed by atoms with Crippen LogP contribution >= 0.6 is 11.8 Å². The lowest BCUT2D eigenvalue weighted by Gasteiger charge is -2.06. The van der Waals surface area contributed by atoms with Crippen LogP contribution in [0.2, 0.25) is 0 Å². The smallest absolute Gasteiger partial charge is 0.342 e. The van der Waals surface area contributed by atoms with E-state index in [2.05, 4.69) is 20.7 Å². The van der Waals surface area contributed by atoms with Gasteiger partial charge in [-0.05, 0) is 78.8 Å². The first-order valence-corrected chi connectivity index (χ1v) is 11.8. The van der Waals surface area contributed by atoms with Gasteiger partial charge >= 0.3 is 5.16 Å². The molecule has 4 aromatic rings. The molecule has 0 unspecified atom stereocenters. The zero-order valence-electron chi connectivity index (χ0n) is 18.9. The number of phenols is 2. The second kappa shape index (κ2) is 11.2. The lowest BCUT2D eigenvalue weighted by Crippen LogP contribution is -2.34. The number of hydrogen-bond donors (Lipinski definition) is 4. The molecule has 0 saturated heterocycles. The molecular weight excluding hydrogens is 466 g/mol. The molecule has 0 aliphatic heterocycles. The number of phenolic OH excluding ortho intramolecular Hbond substituents is 2. The molecule has 0 aliphatic rings. The van der Waals surface area contributed by atoms with Crippen molar-refractivity contribution in [2.24, 2.45) is 5.10 Å². The normalized spacial score (nSPS) is 11.0. The van der Waals surface area contributed by atoms with E-state index < -0.39 is 0 Å². The largest absolute Gasteiger partial charge is 0.504 e. The summed E-state index contributed by atoms with van der Waals surface area (Å²) >= 11 is 1.26. The first-order valence-electron chi connectivity index (χ1n) is 10.8. The first kappa shape index (κ1) is 23.8. The number of carbonyl (C=O) groups excluding carboxylic acids is 1. The highest BCUT2D eigenvalue weighted by Gasteiger charge is 2.24. The van der Waals surface area contributed by atoms with Crippen molar-refractivity contribution in [1.29, 1.82) is 0 Å². The maximum Gasteiger partial charge on any atom is 0.342 e. The molecule has 1 heterocycles. The molecule has 1 aromatic heterocycles. The molecule has 4 rings (SSSR count). The van der Waals surface area contributed by atoms with Gasteiger partial charge in [0.05, 0.1) is 29.2 Å². The first-order chi connectivity index (χ1) is 17.0. The molecule has 178 valence electrons. The van der Waals surface area contributed by atoms with Crippen molar-refractivity contribution in [2.45, 2.75) is 12.1 Å². The number of benzene rings is 3. The van der Waals surface area contributed by atoms with Crippen molar-refractivity contribution in [2.75, 3.05) is 12.4 Å². The van der Waals surface area contributed by atoms with E-state index in [0.29, 0.717) is 17.3 Å². The number of hydrazone groups is 1. The summed E-state index contributed by atoms with van der Waals surface area (Å²) in [7, 11) is 0. The monoisotopic (exact) mass is 490 g/mol. The highest BCUT2D eigenvalue weighted by atomic mass is 32.2. The quantitative estimate of drug-likeness (QED) is 0.0937. The number of carbonyl (C=O) groups is 1. The summed E-state index contributed by atoms with van der Waals surface area (Å²) in [5, 5.41) is 31.0. The van der Waals surface area contributed by atoms with E-state index in [1.807, 2.05) is 66.1 Å². The summed E-state index contributed by atoms with van der Waals surface area (Å²) in [4.78, 5) is 12.4. The average molecular weight is 491 g/mol. The highest BCUT2D eigenvalue weighted by molar-refractivity contribution is 7.99. The van der Waals surface area contributed by atoms with E-state index in [-0.39, 0.29) is 23.2 Å². The second-order valence-corrected chi connectivity index (χ2v) is 8.26. The number of amides is 1. The molecule has 9 nitrogen and oxygen atoms in total. The standard InChI is InChI=1S/C25H23N5O4S/c1-2-34-20-11-9-19(10-12-20)30-24(18-6-4-3-5-7-18)28-29-25(30)35-16-23(33)27-26-15-17-8-13-21(31)22(32)14-17/h3-15H,2,16H2,1H3,(H3,26,27,31,32,33)/p+1. The molecule has 10 heteroatoms. The van der Waals surface area contributed by atoms with Gasteiger partial charge in [-0.1, -0.05) is 18.2 Å². The minimum absolute atomic E-state index is 0.0777. The number of hydrogen-bond acceptors (Lipinski definition) is 7. The van der Waals surface area contributed by atoms with Gasteiger partial charge in [0.25, 0.3) is 11.7 Å². The topological polar surface area (TPSA) is 124 Å². The van der Waals surface area contributed by atoms with Crippen LogP contribution in [-0.4, -0.2) is 44.9 Å². The van der Waals surface area contributed by atoms with Crippen molar-refractivity contribution in [1.82, 2.24) is 15.6 Å². The van der Waals surface area contributed by atoms with E-state index in [9.17, 15) is 15.0 Å². The van der Waals surface area contributed by atoms with Gasteiger partial charge in [-0.25, -0.2) is 5.43 Å². The Hall–Kier alpha value is -4.31. The van der Waals surface area contributed by atoms with Crippen LogP contribution in [0.15, 0.2) is 83.1 Å². The zero-order chi connectivity index (χ0) is 24.6. The van der Waals surface area contributed by atoms with E-state index in [0.717, 1.165) is 22.8 Å². The van der Waals surface area contributed by atoms with Crippen molar-refractivity contribution in [3.8, 4) is 34.3 Å². The third-order valence-corrected chi connectivity index (χ3v) is 5.80. The molecule has 1 amide bonds. The molecule has 3 aromatic carbocycles. The maximum absolute atomic E-state index is 12.4. The van der Waals surface area contributed by atoms with Crippen molar-refractivity contribution in [3.05, 3.63) is 78.4 Å². The van der Waals surface area contributed by atoms with E-state index >= 15 is 0 Å². The van der Waals surface area contributed by atoms with Crippen LogP contribution < -0.4 is 14.7 Å². The Morgan fingerprint density at radius 1 is 1.11 bits per heavy atom. The minimum atomic E-state index is -0.322. The fraction of sp³-hybridized carbons (Fsp3) is 0.120. The number of thioether (sulfide) groups is 1. The summed E-state index contributed by atoms with van der Waals surface area (Å²) < 4.78 is 7.50. The van der Waals surface area contributed by atoms with Gasteiger partial charge in [0.15, 0.2) is 11.5 Å². The zero-order valence-corrected chi connectivity index (χ0v) is 19.7. The lowest BCUT2D eigenvalue weighted by atomic mass is 10.2. The number of nitrogens with zero attached hydrogens (tertiary/aromatic N) is 3. The van der Waals surface area contributed by atoms with Crippen molar-refractivity contribution in [3.63, 3.8) is 0 Å². The molecule has 0 fully saturated rings. The number of ether oxygens (including phenoxy) is 1. The average Bonchev–Trinajstić information content (AvgIpc) is 3.30. The fourth-order valence-corrected chi connectivity index (χ4v) is 4.00. The predicted molar refractivity (Wildman–Crippen MR) is 133 cm³/mol. The summed E-state index contributed by atoms with van der Waals surface area (Å²) in [5.41, 5.74) is 4.81. The number of aromatic amines is 1. The maximum atomic E-state index is 12.4. The third kappa shape index (κ3) is 5.98. The number of rotatable bonds is 9. The molecule has 0 radical (unpaired) electrons. The van der Waals surface area contributed by atoms with Crippen LogP contribution in [0.4, 0.5) is 0 Å².